The van der Waals surface area contributed by atoms with Crippen LogP contribution in [0.15, 0.2) is 48.5 Å². The van der Waals surface area contributed by atoms with Crippen LogP contribution in [0, 0.1) is 0 Å². The molecule has 3 rings (SSSR count). The number of nitrogen functional groups attached to an aromatic ring is 1. The molecule has 1 aliphatic heterocycles. The number of hydrogen-bond donors (Lipinski definition) is 2. The van der Waals surface area contributed by atoms with Gasteiger partial charge in [-0.05, 0) is 38.5 Å². The molecule has 0 saturated carbocycles. The minimum absolute atomic E-state index is 0.139. The highest BCUT2D eigenvalue weighted by Gasteiger charge is 2.34. The molecule has 1 heterocycles. The molecule has 2 aromatic rings. The molecule has 1 unspecified atom stereocenters. The molecule has 4 N–H and O–H groups in total. The summed E-state index contributed by atoms with van der Waals surface area (Å²) in [6, 6.07) is 14.0. The van der Waals surface area contributed by atoms with Crippen molar-refractivity contribution in [3.63, 3.8) is 0 Å². The fourth-order valence-electron chi connectivity index (χ4n) is 3.62. The number of hydrazine groups is 1. The third-order valence-electron chi connectivity index (χ3n) is 5.29. The molecule has 1 fully saturated rings. The highest BCUT2D eigenvalue weighted by atomic mass is 35.5. The molecule has 2 amide bonds. The van der Waals surface area contributed by atoms with E-state index >= 15 is 0 Å². The number of para-hydroxylation sites is 1. The molecule has 2 aromatic carbocycles. The van der Waals surface area contributed by atoms with Gasteiger partial charge in [-0.3, -0.25) is 0 Å². The number of hydrogen-bond acceptors (Lipinski definition) is 7. The second-order valence-corrected chi connectivity index (χ2v) is 9.56. The van der Waals surface area contributed by atoms with Crippen LogP contribution in [0.2, 0.25) is 5.02 Å². The van der Waals surface area contributed by atoms with E-state index in [1.807, 2.05) is 30.3 Å². The molecule has 9 nitrogen and oxygen atoms in total. The Bertz CT molecular complexity index is 978. The van der Waals surface area contributed by atoms with Gasteiger partial charge in [-0.1, -0.05) is 48.0 Å². The van der Waals surface area contributed by atoms with Gasteiger partial charge in [-0.15, -0.1) is 0 Å². The lowest BCUT2D eigenvalue weighted by atomic mass is 10.2. The maximum Gasteiger partial charge on any atom is 0.410 e. The van der Waals surface area contributed by atoms with Gasteiger partial charge in [-0.2, -0.15) is 0 Å². The van der Waals surface area contributed by atoms with Gasteiger partial charge in [0, 0.05) is 26.2 Å². The fourth-order valence-corrected chi connectivity index (χ4v) is 3.90. The topological polar surface area (TPSA) is 114 Å². The number of nitrogens with zero attached hydrogens (tertiary/aromatic N) is 3. The Balaban J connectivity index is 1.81. The highest BCUT2D eigenvalue weighted by Crippen LogP contribution is 2.32. The Morgan fingerprint density at radius 1 is 1.03 bits per heavy atom. The second kappa shape index (κ2) is 10.8. The molecule has 0 bridgehead atoms. The van der Waals surface area contributed by atoms with Crippen molar-refractivity contribution >= 4 is 35.2 Å². The Labute approximate surface area is 205 Å². The maximum atomic E-state index is 12.9. The molecular formula is C24H32ClN5O4. The van der Waals surface area contributed by atoms with E-state index in [0.717, 1.165) is 5.56 Å². The molecule has 34 heavy (non-hydrogen) atoms. The highest BCUT2D eigenvalue weighted by molar-refractivity contribution is 6.33. The van der Waals surface area contributed by atoms with Crippen molar-refractivity contribution in [3.05, 3.63) is 59.1 Å². The molecule has 10 heteroatoms. The fraction of sp³-hybridized carbons (Fsp3) is 0.417. The van der Waals surface area contributed by atoms with Gasteiger partial charge in [-0.25, -0.2) is 15.4 Å². The van der Waals surface area contributed by atoms with Crippen LogP contribution in [0.25, 0.3) is 0 Å². The van der Waals surface area contributed by atoms with Crippen LogP contribution in [0.4, 0.5) is 21.0 Å². The number of benzene rings is 2. The first-order chi connectivity index (χ1) is 16.0. The van der Waals surface area contributed by atoms with Crippen molar-refractivity contribution in [1.29, 1.82) is 0 Å². The van der Waals surface area contributed by atoms with Crippen LogP contribution >= 0.6 is 11.6 Å². The number of nitrogens with two attached hydrogens (primary N) is 2. The Morgan fingerprint density at radius 3 is 2.24 bits per heavy atom. The summed E-state index contributed by atoms with van der Waals surface area (Å²) < 4.78 is 11.1. The second-order valence-electron chi connectivity index (χ2n) is 9.15. The SMILES string of the molecule is CC(C)(C)OC(=O)N1CCN(C(=O)OCc2ccccc2)CC(N(N)c2c(N)cccc2Cl)C1. The van der Waals surface area contributed by atoms with Crippen molar-refractivity contribution in [3.8, 4) is 0 Å². The smallest absolute Gasteiger partial charge is 0.410 e. The van der Waals surface area contributed by atoms with E-state index in [1.165, 1.54) is 14.8 Å². The first kappa shape index (κ1) is 25.5. The van der Waals surface area contributed by atoms with Gasteiger partial charge in [0.25, 0.3) is 0 Å². The van der Waals surface area contributed by atoms with Crippen LogP contribution in [0.3, 0.4) is 0 Å². The lowest BCUT2D eigenvalue weighted by Gasteiger charge is -2.34. The Hall–Kier alpha value is -3.17. The summed E-state index contributed by atoms with van der Waals surface area (Å²) in [4.78, 5) is 28.8. The van der Waals surface area contributed by atoms with Crippen molar-refractivity contribution in [1.82, 2.24) is 9.80 Å². The molecule has 184 valence electrons. The van der Waals surface area contributed by atoms with Gasteiger partial charge >= 0.3 is 12.2 Å². The molecule has 0 aliphatic carbocycles. The lowest BCUT2D eigenvalue weighted by Crippen LogP contribution is -2.53. The quantitative estimate of drug-likeness (QED) is 0.380. The van der Waals surface area contributed by atoms with E-state index in [-0.39, 0.29) is 32.8 Å². The number of ether oxygens (including phenoxy) is 2. The monoisotopic (exact) mass is 489 g/mol. The minimum atomic E-state index is -0.664. The summed E-state index contributed by atoms with van der Waals surface area (Å²) in [5.41, 5.74) is 7.17. The van der Waals surface area contributed by atoms with Crippen molar-refractivity contribution in [2.75, 3.05) is 36.9 Å². The minimum Gasteiger partial charge on any atom is -0.445 e. The van der Waals surface area contributed by atoms with E-state index in [4.69, 9.17) is 32.7 Å². The zero-order chi connectivity index (χ0) is 24.9. The number of carbonyl (C=O) groups is 2. The van der Waals surface area contributed by atoms with E-state index in [1.54, 1.807) is 39.0 Å². The molecule has 1 atom stereocenters. The summed E-state index contributed by atoms with van der Waals surface area (Å²) in [5.74, 6) is 6.47. The predicted octanol–water partition coefficient (Wildman–Crippen LogP) is 3.86. The van der Waals surface area contributed by atoms with Crippen LogP contribution < -0.4 is 16.6 Å². The number of carbonyl (C=O) groups excluding carboxylic acids is 2. The normalized spacial score (nSPS) is 16.6. The van der Waals surface area contributed by atoms with E-state index < -0.39 is 23.8 Å². The largest absolute Gasteiger partial charge is 0.445 e. The molecule has 1 saturated heterocycles. The maximum absolute atomic E-state index is 12.9. The number of halogens is 1. The third kappa shape index (κ3) is 6.68. The number of anilines is 2. The van der Waals surface area contributed by atoms with Gasteiger partial charge in [0.2, 0.25) is 0 Å². The van der Waals surface area contributed by atoms with E-state index in [9.17, 15) is 9.59 Å². The lowest BCUT2D eigenvalue weighted by molar-refractivity contribution is 0.0249. The summed E-state index contributed by atoms with van der Waals surface area (Å²) in [5, 5.41) is 1.78. The predicted molar refractivity (Wildman–Crippen MR) is 132 cm³/mol. The number of amides is 2. The van der Waals surface area contributed by atoms with Crippen LogP contribution in [-0.4, -0.2) is 59.8 Å². The zero-order valence-corrected chi connectivity index (χ0v) is 20.5. The standard InChI is InChI=1S/C24H32ClN5O4/c1-24(2,3)34-23(32)29-13-12-28(22(31)33-16-17-8-5-4-6-9-17)14-18(15-29)30(27)21-19(25)10-7-11-20(21)26/h4-11,18H,12-16,26-27H2,1-3H3. The van der Waals surface area contributed by atoms with Gasteiger partial charge in [0.05, 0.1) is 22.4 Å². The van der Waals surface area contributed by atoms with Gasteiger partial charge < -0.3 is 30.0 Å². The summed E-state index contributed by atoms with van der Waals surface area (Å²) >= 11 is 6.37. The molecule has 0 aromatic heterocycles. The number of rotatable bonds is 4. The van der Waals surface area contributed by atoms with Crippen LogP contribution in [0.1, 0.15) is 26.3 Å². The first-order valence-electron chi connectivity index (χ1n) is 11.1. The molecule has 0 radical (unpaired) electrons. The Kier molecular flexibility index (Phi) is 8.11. The first-order valence-corrected chi connectivity index (χ1v) is 11.4. The zero-order valence-electron chi connectivity index (χ0n) is 19.7. The summed E-state index contributed by atoms with van der Waals surface area (Å²) in [7, 11) is 0. The van der Waals surface area contributed by atoms with E-state index in [2.05, 4.69) is 0 Å². The van der Waals surface area contributed by atoms with Gasteiger partial charge in [0.1, 0.15) is 12.2 Å². The molecule has 0 spiro atoms. The van der Waals surface area contributed by atoms with Crippen molar-refractivity contribution in [2.24, 2.45) is 5.84 Å². The van der Waals surface area contributed by atoms with Crippen molar-refractivity contribution < 1.29 is 19.1 Å². The van der Waals surface area contributed by atoms with Gasteiger partial charge in [0.15, 0.2) is 0 Å². The summed E-state index contributed by atoms with van der Waals surface area (Å²) in [6.45, 7) is 6.47. The summed E-state index contributed by atoms with van der Waals surface area (Å²) in [6.07, 6.45) is -0.988. The van der Waals surface area contributed by atoms with Crippen molar-refractivity contribution in [2.45, 2.75) is 39.0 Å². The van der Waals surface area contributed by atoms with E-state index in [0.29, 0.717) is 16.4 Å². The molecular weight excluding hydrogens is 458 g/mol. The average Bonchev–Trinajstić information content (AvgIpc) is 3.00. The average molecular weight is 490 g/mol. The Morgan fingerprint density at radius 2 is 1.65 bits per heavy atom. The van der Waals surface area contributed by atoms with Crippen LogP contribution in [-0.2, 0) is 16.1 Å². The third-order valence-corrected chi connectivity index (χ3v) is 5.59. The van der Waals surface area contributed by atoms with Crippen LogP contribution in [0.5, 0.6) is 0 Å². The molecule has 1 aliphatic rings.